The van der Waals surface area contributed by atoms with Gasteiger partial charge in [-0.05, 0) is 25.5 Å². The van der Waals surface area contributed by atoms with Crippen LogP contribution in [0, 0.1) is 5.95 Å². The fourth-order valence-corrected chi connectivity index (χ4v) is 1.21. The van der Waals surface area contributed by atoms with E-state index in [1.165, 1.54) is 17.2 Å². The summed E-state index contributed by atoms with van der Waals surface area (Å²) in [5.74, 6) is -1.03. The quantitative estimate of drug-likeness (QED) is 0.716. The van der Waals surface area contributed by atoms with Crippen molar-refractivity contribution in [1.29, 1.82) is 0 Å². The van der Waals surface area contributed by atoms with Crippen molar-refractivity contribution in [2.75, 3.05) is 7.05 Å². The predicted octanol–water partition coefficient (Wildman–Crippen LogP) is 2.09. The van der Waals surface area contributed by atoms with Gasteiger partial charge < -0.3 is 4.90 Å². The van der Waals surface area contributed by atoms with E-state index in [-0.39, 0.29) is 17.5 Å². The van der Waals surface area contributed by atoms with E-state index in [4.69, 9.17) is 0 Å². The normalized spacial score (nSPS) is 12.3. The highest BCUT2D eigenvalue weighted by atomic mass is 19.1. The molecule has 1 atom stereocenters. The van der Waals surface area contributed by atoms with Crippen LogP contribution in [0.5, 0.6) is 0 Å². The summed E-state index contributed by atoms with van der Waals surface area (Å²) >= 11 is 0. The van der Waals surface area contributed by atoms with Gasteiger partial charge >= 0.3 is 0 Å². The lowest BCUT2D eigenvalue weighted by Gasteiger charge is -2.23. The Morgan fingerprint density at radius 1 is 1.67 bits per heavy atom. The first-order valence-electron chi connectivity index (χ1n) is 4.95. The Hall–Kier alpha value is -1.45. The number of hydrogen-bond acceptors (Lipinski definition) is 2. The minimum Gasteiger partial charge on any atom is -0.339 e. The van der Waals surface area contributed by atoms with Crippen LogP contribution in [-0.4, -0.2) is 28.9 Å². The summed E-state index contributed by atoms with van der Waals surface area (Å²) in [5.41, 5.74) is 0.0281. The predicted molar refractivity (Wildman–Crippen MR) is 56.0 cm³/mol. The molecular weight excluding hydrogens is 195 g/mol. The lowest BCUT2D eigenvalue weighted by atomic mass is 10.2. The number of aromatic nitrogens is 1. The number of halogens is 1. The smallest absolute Gasteiger partial charge is 0.258 e. The van der Waals surface area contributed by atoms with Gasteiger partial charge in [-0.25, -0.2) is 4.98 Å². The van der Waals surface area contributed by atoms with Crippen LogP contribution < -0.4 is 0 Å². The van der Waals surface area contributed by atoms with Crippen molar-refractivity contribution in [3.8, 4) is 0 Å². The largest absolute Gasteiger partial charge is 0.339 e. The molecule has 0 aliphatic carbocycles. The Labute approximate surface area is 88.9 Å². The average molecular weight is 210 g/mol. The summed E-state index contributed by atoms with van der Waals surface area (Å²) in [4.78, 5) is 16.8. The highest BCUT2D eigenvalue weighted by molar-refractivity contribution is 5.94. The zero-order valence-electron chi connectivity index (χ0n) is 9.20. The number of nitrogens with zero attached hydrogens (tertiary/aromatic N) is 2. The number of carbonyl (C=O) groups excluding carboxylic acids is 1. The van der Waals surface area contributed by atoms with E-state index in [9.17, 15) is 9.18 Å². The van der Waals surface area contributed by atoms with Crippen molar-refractivity contribution in [3.05, 3.63) is 29.8 Å². The number of hydrogen-bond donors (Lipinski definition) is 0. The molecule has 0 fully saturated rings. The van der Waals surface area contributed by atoms with Gasteiger partial charge in [-0.3, -0.25) is 4.79 Å². The highest BCUT2D eigenvalue weighted by Crippen LogP contribution is 2.10. The Kier molecular flexibility index (Phi) is 3.77. The van der Waals surface area contributed by atoms with Gasteiger partial charge in [-0.2, -0.15) is 4.39 Å². The second-order valence-corrected chi connectivity index (χ2v) is 3.52. The Morgan fingerprint density at radius 2 is 2.33 bits per heavy atom. The van der Waals surface area contributed by atoms with Crippen molar-refractivity contribution in [2.45, 2.75) is 26.3 Å². The third-order valence-electron chi connectivity index (χ3n) is 2.56. The Morgan fingerprint density at radius 3 is 2.87 bits per heavy atom. The zero-order chi connectivity index (χ0) is 11.4. The van der Waals surface area contributed by atoms with E-state index >= 15 is 0 Å². The van der Waals surface area contributed by atoms with E-state index < -0.39 is 5.95 Å². The lowest BCUT2D eigenvalue weighted by Crippen LogP contribution is -2.35. The molecule has 0 N–H and O–H groups in total. The second kappa shape index (κ2) is 4.87. The maximum Gasteiger partial charge on any atom is 0.258 e. The van der Waals surface area contributed by atoms with Gasteiger partial charge in [-0.1, -0.05) is 6.92 Å². The molecule has 0 saturated carbocycles. The molecule has 0 bridgehead atoms. The summed E-state index contributed by atoms with van der Waals surface area (Å²) < 4.78 is 13.2. The molecule has 0 aliphatic heterocycles. The lowest BCUT2D eigenvalue weighted by molar-refractivity contribution is 0.0735. The van der Waals surface area contributed by atoms with Crippen LogP contribution in [0.3, 0.4) is 0 Å². The first kappa shape index (κ1) is 11.6. The molecule has 15 heavy (non-hydrogen) atoms. The molecule has 1 heterocycles. The standard InChI is InChI=1S/C11H15FN2O/c1-4-8(2)14(3)11(15)9-6-5-7-13-10(9)12/h5-8H,4H2,1-3H3. The molecule has 3 nitrogen and oxygen atoms in total. The van der Waals surface area contributed by atoms with Crippen LogP contribution in [0.2, 0.25) is 0 Å². The van der Waals surface area contributed by atoms with Gasteiger partial charge in [0, 0.05) is 19.3 Å². The fraction of sp³-hybridized carbons (Fsp3) is 0.455. The molecule has 1 aromatic heterocycles. The van der Waals surface area contributed by atoms with Crippen molar-refractivity contribution in [3.63, 3.8) is 0 Å². The van der Waals surface area contributed by atoms with Crippen LogP contribution in [0.1, 0.15) is 30.6 Å². The topological polar surface area (TPSA) is 33.2 Å². The molecule has 0 spiro atoms. The molecule has 82 valence electrons. The average Bonchev–Trinajstić information content (AvgIpc) is 2.26. The molecule has 4 heteroatoms. The molecule has 1 amide bonds. The Bertz CT molecular complexity index is 354. The first-order chi connectivity index (χ1) is 7.07. The molecule has 0 radical (unpaired) electrons. The molecule has 1 aromatic rings. The Balaban J connectivity index is 2.90. The summed E-state index contributed by atoms with van der Waals surface area (Å²) in [5, 5.41) is 0. The van der Waals surface area contributed by atoms with Crippen molar-refractivity contribution < 1.29 is 9.18 Å². The molecule has 1 unspecified atom stereocenters. The van der Waals surface area contributed by atoms with Crippen LogP contribution in [0.25, 0.3) is 0 Å². The van der Waals surface area contributed by atoms with Gasteiger partial charge in [0.1, 0.15) is 0 Å². The SMILES string of the molecule is CCC(C)N(C)C(=O)c1cccnc1F. The maximum absolute atomic E-state index is 13.2. The van der Waals surface area contributed by atoms with Crippen LogP contribution >= 0.6 is 0 Å². The van der Waals surface area contributed by atoms with Crippen molar-refractivity contribution in [2.24, 2.45) is 0 Å². The van der Waals surface area contributed by atoms with Crippen molar-refractivity contribution >= 4 is 5.91 Å². The van der Waals surface area contributed by atoms with Crippen molar-refractivity contribution in [1.82, 2.24) is 9.88 Å². The third kappa shape index (κ3) is 2.52. The monoisotopic (exact) mass is 210 g/mol. The number of carbonyl (C=O) groups is 1. The fourth-order valence-electron chi connectivity index (χ4n) is 1.21. The van der Waals surface area contributed by atoms with Gasteiger partial charge in [0.05, 0.1) is 5.56 Å². The minimum absolute atomic E-state index is 0.0281. The maximum atomic E-state index is 13.2. The molecular formula is C11H15FN2O. The molecule has 0 aliphatic rings. The number of pyridine rings is 1. The van der Waals surface area contributed by atoms with Gasteiger partial charge in [0.2, 0.25) is 5.95 Å². The van der Waals surface area contributed by atoms with Crippen LogP contribution in [0.15, 0.2) is 18.3 Å². The van der Waals surface area contributed by atoms with E-state index in [0.717, 1.165) is 6.42 Å². The third-order valence-corrected chi connectivity index (χ3v) is 2.56. The van der Waals surface area contributed by atoms with Gasteiger partial charge in [0.25, 0.3) is 5.91 Å². The van der Waals surface area contributed by atoms with E-state index in [1.54, 1.807) is 13.1 Å². The van der Waals surface area contributed by atoms with E-state index in [2.05, 4.69) is 4.98 Å². The van der Waals surface area contributed by atoms with E-state index in [1.807, 2.05) is 13.8 Å². The van der Waals surface area contributed by atoms with Gasteiger partial charge in [-0.15, -0.1) is 0 Å². The summed E-state index contributed by atoms with van der Waals surface area (Å²) in [6, 6.07) is 3.10. The van der Waals surface area contributed by atoms with E-state index in [0.29, 0.717) is 0 Å². The molecule has 1 rings (SSSR count). The summed E-state index contributed by atoms with van der Waals surface area (Å²) in [7, 11) is 1.67. The zero-order valence-corrected chi connectivity index (χ0v) is 9.20. The first-order valence-corrected chi connectivity index (χ1v) is 4.95. The van der Waals surface area contributed by atoms with Crippen LogP contribution in [0.4, 0.5) is 4.39 Å². The van der Waals surface area contributed by atoms with Crippen LogP contribution in [-0.2, 0) is 0 Å². The summed E-state index contributed by atoms with van der Waals surface area (Å²) in [6.45, 7) is 3.90. The number of amides is 1. The molecule has 0 saturated heterocycles. The number of rotatable bonds is 3. The molecule has 0 aromatic carbocycles. The minimum atomic E-state index is -0.711. The highest BCUT2D eigenvalue weighted by Gasteiger charge is 2.19. The second-order valence-electron chi connectivity index (χ2n) is 3.52. The summed E-state index contributed by atoms with van der Waals surface area (Å²) in [6.07, 6.45) is 2.17. The van der Waals surface area contributed by atoms with Gasteiger partial charge in [0.15, 0.2) is 0 Å².